The molecule has 30 heavy (non-hydrogen) atoms. The van der Waals surface area contributed by atoms with Gasteiger partial charge in [-0.05, 0) is 43.0 Å². The summed E-state index contributed by atoms with van der Waals surface area (Å²) in [5.74, 6) is -0.568. The van der Waals surface area contributed by atoms with Crippen molar-refractivity contribution in [1.29, 1.82) is 0 Å². The summed E-state index contributed by atoms with van der Waals surface area (Å²) in [6.45, 7) is 1.87. The summed E-state index contributed by atoms with van der Waals surface area (Å²) in [4.78, 5) is 18.9. The number of H-pyrrole nitrogens is 1. The van der Waals surface area contributed by atoms with Crippen LogP contribution in [0.15, 0.2) is 43.0 Å². The molecule has 0 aliphatic rings. The molecular formula is C21H17F4N5. The minimum Gasteiger partial charge on any atom is -0.346 e. The van der Waals surface area contributed by atoms with Crippen LogP contribution in [0.2, 0.25) is 0 Å². The molecule has 0 aliphatic carbocycles. The van der Waals surface area contributed by atoms with Crippen LogP contribution in [-0.4, -0.2) is 24.9 Å². The Bertz CT molecular complexity index is 1180. The van der Waals surface area contributed by atoms with Crippen LogP contribution >= 0.6 is 0 Å². The molecule has 0 aromatic carbocycles. The molecule has 5 nitrogen and oxygen atoms in total. The summed E-state index contributed by atoms with van der Waals surface area (Å²) in [5, 5.41) is 0.871. The second-order valence-electron chi connectivity index (χ2n) is 6.98. The molecule has 4 rings (SSSR count). The Balaban J connectivity index is 1.45. The van der Waals surface area contributed by atoms with Crippen LogP contribution < -0.4 is 0 Å². The molecule has 0 fully saturated rings. The Labute approximate surface area is 169 Å². The molecule has 154 valence electrons. The number of alkyl halides is 3. The number of aromatic nitrogens is 5. The normalized spacial score (nSPS) is 11.9. The lowest BCUT2D eigenvalue weighted by Gasteiger charge is -2.08. The number of aromatic amines is 1. The van der Waals surface area contributed by atoms with E-state index in [1.807, 2.05) is 6.92 Å². The van der Waals surface area contributed by atoms with Crippen molar-refractivity contribution in [3.05, 3.63) is 82.7 Å². The Morgan fingerprint density at radius 3 is 2.50 bits per heavy atom. The lowest BCUT2D eigenvalue weighted by molar-refractivity contribution is -0.141. The maximum absolute atomic E-state index is 14.6. The molecule has 0 amide bonds. The third-order valence-electron chi connectivity index (χ3n) is 4.89. The van der Waals surface area contributed by atoms with E-state index in [2.05, 4.69) is 24.9 Å². The monoisotopic (exact) mass is 415 g/mol. The van der Waals surface area contributed by atoms with Gasteiger partial charge >= 0.3 is 6.18 Å². The molecule has 0 aliphatic heterocycles. The average molecular weight is 415 g/mol. The molecular weight excluding hydrogens is 398 g/mol. The summed E-state index contributed by atoms with van der Waals surface area (Å²) < 4.78 is 52.3. The SMILES string of the molecule is Cc1ncnc2[nH]cc(Cc3ccc(CCc4ccc(C(F)(F)F)nc4)nc3F)c12. The van der Waals surface area contributed by atoms with E-state index in [-0.39, 0.29) is 0 Å². The first kappa shape index (κ1) is 19.9. The van der Waals surface area contributed by atoms with Crippen LogP contribution in [-0.2, 0) is 25.4 Å². The number of hydrogen-bond acceptors (Lipinski definition) is 4. The molecule has 1 N–H and O–H groups in total. The molecule has 0 bridgehead atoms. The highest BCUT2D eigenvalue weighted by Crippen LogP contribution is 2.27. The first-order valence-corrected chi connectivity index (χ1v) is 9.25. The smallest absolute Gasteiger partial charge is 0.346 e. The van der Waals surface area contributed by atoms with Crippen molar-refractivity contribution in [1.82, 2.24) is 24.9 Å². The lowest BCUT2D eigenvalue weighted by Crippen LogP contribution is -2.08. The van der Waals surface area contributed by atoms with Gasteiger partial charge in [-0.2, -0.15) is 17.6 Å². The predicted octanol–water partition coefficient (Wildman–Crippen LogP) is 4.59. The van der Waals surface area contributed by atoms with Crippen molar-refractivity contribution in [2.24, 2.45) is 0 Å². The predicted molar refractivity (Wildman–Crippen MR) is 102 cm³/mol. The standard InChI is InChI=1S/C21H17F4N5/c1-12-18-15(10-27-20(18)29-11-28-12)8-14-4-6-16(30-19(14)22)5-2-13-3-7-17(26-9-13)21(23,24)25/h3-4,6-7,9-11H,2,5,8H2,1H3,(H,27,28,29). The number of pyridine rings is 2. The van der Waals surface area contributed by atoms with E-state index < -0.39 is 17.8 Å². The molecule has 0 saturated heterocycles. The van der Waals surface area contributed by atoms with Gasteiger partial charge in [0.05, 0.1) is 5.69 Å². The maximum atomic E-state index is 14.6. The quantitative estimate of drug-likeness (QED) is 0.382. The fraction of sp³-hybridized carbons (Fsp3) is 0.238. The van der Waals surface area contributed by atoms with Crippen LogP contribution in [0.25, 0.3) is 11.0 Å². The van der Waals surface area contributed by atoms with E-state index in [1.165, 1.54) is 18.6 Å². The Hall–Kier alpha value is -3.36. The van der Waals surface area contributed by atoms with Crippen molar-refractivity contribution >= 4 is 11.0 Å². The number of nitrogens with one attached hydrogen (secondary N) is 1. The summed E-state index contributed by atoms with van der Waals surface area (Å²) in [7, 11) is 0. The lowest BCUT2D eigenvalue weighted by atomic mass is 10.0. The zero-order valence-electron chi connectivity index (χ0n) is 16.0. The molecule has 0 unspecified atom stereocenters. The third-order valence-corrected chi connectivity index (χ3v) is 4.89. The summed E-state index contributed by atoms with van der Waals surface area (Å²) in [5.41, 5.74) is 3.06. The molecule has 4 aromatic heterocycles. The van der Waals surface area contributed by atoms with Gasteiger partial charge in [0.2, 0.25) is 5.95 Å². The third kappa shape index (κ3) is 4.14. The zero-order chi connectivity index (χ0) is 21.3. The van der Waals surface area contributed by atoms with E-state index >= 15 is 0 Å². The van der Waals surface area contributed by atoms with Crippen molar-refractivity contribution in [2.75, 3.05) is 0 Å². The summed E-state index contributed by atoms with van der Waals surface area (Å²) >= 11 is 0. The van der Waals surface area contributed by atoms with Gasteiger partial charge in [-0.25, -0.2) is 15.0 Å². The maximum Gasteiger partial charge on any atom is 0.433 e. The number of halogens is 4. The Morgan fingerprint density at radius 1 is 0.967 bits per heavy atom. The number of aryl methyl sites for hydroxylation is 3. The molecule has 0 saturated carbocycles. The minimum atomic E-state index is -4.46. The topological polar surface area (TPSA) is 67.3 Å². The fourth-order valence-corrected chi connectivity index (χ4v) is 3.32. The van der Waals surface area contributed by atoms with Crippen molar-refractivity contribution < 1.29 is 17.6 Å². The number of hydrogen-bond donors (Lipinski definition) is 1. The van der Waals surface area contributed by atoms with Crippen LogP contribution in [0.4, 0.5) is 17.6 Å². The highest BCUT2D eigenvalue weighted by atomic mass is 19.4. The van der Waals surface area contributed by atoms with E-state index in [4.69, 9.17) is 0 Å². The van der Waals surface area contributed by atoms with Gasteiger partial charge in [0.1, 0.15) is 17.7 Å². The van der Waals surface area contributed by atoms with Gasteiger partial charge in [-0.1, -0.05) is 12.1 Å². The van der Waals surface area contributed by atoms with Crippen LogP contribution in [0.1, 0.15) is 33.8 Å². The van der Waals surface area contributed by atoms with Gasteiger partial charge in [0.25, 0.3) is 0 Å². The van der Waals surface area contributed by atoms with Crippen molar-refractivity contribution in [2.45, 2.75) is 32.4 Å². The second kappa shape index (κ2) is 7.81. The van der Waals surface area contributed by atoms with Gasteiger partial charge in [-0.3, -0.25) is 4.98 Å². The second-order valence-corrected chi connectivity index (χ2v) is 6.98. The van der Waals surface area contributed by atoms with E-state index in [1.54, 1.807) is 18.3 Å². The molecule has 0 atom stereocenters. The summed E-state index contributed by atoms with van der Waals surface area (Å²) in [6.07, 6.45) is 1.14. The molecule has 0 spiro atoms. The van der Waals surface area contributed by atoms with Crippen LogP contribution in [0, 0.1) is 12.9 Å². The van der Waals surface area contributed by atoms with E-state index in [9.17, 15) is 17.6 Å². The average Bonchev–Trinajstić information content (AvgIpc) is 3.12. The number of nitrogens with zero attached hydrogens (tertiary/aromatic N) is 4. The van der Waals surface area contributed by atoms with Crippen molar-refractivity contribution in [3.63, 3.8) is 0 Å². The zero-order valence-corrected chi connectivity index (χ0v) is 16.0. The molecule has 9 heteroatoms. The first-order chi connectivity index (χ1) is 14.3. The van der Waals surface area contributed by atoms with Crippen molar-refractivity contribution in [3.8, 4) is 0 Å². The highest BCUT2D eigenvalue weighted by molar-refractivity contribution is 5.82. The van der Waals surface area contributed by atoms with Gasteiger partial charge in [0, 0.05) is 35.5 Å². The molecule has 0 radical (unpaired) electrons. The van der Waals surface area contributed by atoms with Crippen LogP contribution in [0.3, 0.4) is 0 Å². The minimum absolute atomic E-state index is 0.343. The number of rotatable bonds is 5. The first-order valence-electron chi connectivity index (χ1n) is 9.25. The van der Waals surface area contributed by atoms with E-state index in [0.717, 1.165) is 22.7 Å². The summed E-state index contributed by atoms with van der Waals surface area (Å²) in [6, 6.07) is 5.73. The van der Waals surface area contributed by atoms with Gasteiger partial charge in [0.15, 0.2) is 0 Å². The Morgan fingerprint density at radius 2 is 1.80 bits per heavy atom. The largest absolute Gasteiger partial charge is 0.433 e. The number of fused-ring (bicyclic) bond motifs is 1. The molecule has 4 aromatic rings. The van der Waals surface area contributed by atoms with E-state index in [0.29, 0.717) is 41.7 Å². The van der Waals surface area contributed by atoms with Gasteiger partial charge in [-0.15, -0.1) is 0 Å². The Kier molecular flexibility index (Phi) is 5.19. The van der Waals surface area contributed by atoms with Crippen LogP contribution in [0.5, 0.6) is 0 Å². The molecule has 4 heterocycles. The fourth-order valence-electron chi connectivity index (χ4n) is 3.32. The van der Waals surface area contributed by atoms with Gasteiger partial charge < -0.3 is 4.98 Å². The highest BCUT2D eigenvalue weighted by Gasteiger charge is 2.31.